The van der Waals surface area contributed by atoms with E-state index in [-0.39, 0.29) is 0 Å². The van der Waals surface area contributed by atoms with Crippen molar-refractivity contribution >= 4 is 11.9 Å². The fourth-order valence-electron chi connectivity index (χ4n) is 0.785. The summed E-state index contributed by atoms with van der Waals surface area (Å²) in [7, 11) is 0. The Hall–Kier alpha value is -2.14. The molecule has 0 radical (unpaired) electrons. The molecule has 0 amide bonds. The molecule has 0 rings (SSSR count). The summed E-state index contributed by atoms with van der Waals surface area (Å²) in [6.45, 7) is 6.59. The zero-order chi connectivity index (χ0) is 19.9. The molecule has 0 saturated carbocycles. The Morgan fingerprint density at radius 2 is 1.54 bits per heavy atom. The van der Waals surface area contributed by atoms with Crippen LogP contribution in [0.1, 0.15) is 13.3 Å². The fraction of sp³-hybridized carbons (Fsp3) is 0.500. The number of halogens is 8. The first kappa shape index (κ1) is 24.1. The lowest BCUT2D eigenvalue weighted by Gasteiger charge is -2.28. The van der Waals surface area contributed by atoms with E-state index in [1.165, 1.54) is 0 Å². The Balaban J connectivity index is 0. The summed E-state index contributed by atoms with van der Waals surface area (Å²) in [5.41, 5.74) is -0.707. The minimum atomic E-state index is -5.83. The number of ether oxygens (including phenoxy) is 1. The Morgan fingerprint density at radius 3 is 1.79 bits per heavy atom. The highest BCUT2D eigenvalue weighted by Crippen LogP contribution is 2.43. The van der Waals surface area contributed by atoms with Crippen LogP contribution in [-0.4, -0.2) is 41.4 Å². The molecular weight excluding hydrogens is 360 g/mol. The van der Waals surface area contributed by atoms with Gasteiger partial charge < -0.3 is 9.84 Å². The molecule has 1 N–H and O–H groups in total. The molecule has 0 spiro atoms. The average molecular weight is 372 g/mol. The van der Waals surface area contributed by atoms with Gasteiger partial charge in [0.1, 0.15) is 0 Å². The summed E-state index contributed by atoms with van der Waals surface area (Å²) in [6.07, 6.45) is -17.4. The highest BCUT2D eigenvalue weighted by molar-refractivity contribution is 5.87. The van der Waals surface area contributed by atoms with Gasteiger partial charge in [0.05, 0.1) is 6.42 Å². The summed E-state index contributed by atoms with van der Waals surface area (Å²) in [5, 5.41) is 7.60. The molecule has 1 unspecified atom stereocenters. The van der Waals surface area contributed by atoms with Crippen LogP contribution in [-0.2, 0) is 14.3 Å². The Kier molecular flexibility index (Phi) is 8.68. The molecule has 0 aromatic rings. The Labute approximate surface area is 130 Å². The summed E-state index contributed by atoms with van der Waals surface area (Å²) in [5.74, 6) is -8.79. The Bertz CT molecular complexity index is 484. The van der Waals surface area contributed by atoms with Gasteiger partial charge in [-0.1, -0.05) is 13.2 Å². The lowest BCUT2D eigenvalue weighted by atomic mass is 10.1. The molecule has 0 aliphatic rings. The molecule has 140 valence electrons. The van der Waals surface area contributed by atoms with Gasteiger partial charge in [-0.25, -0.2) is 14.0 Å². The first-order chi connectivity index (χ1) is 10.5. The van der Waals surface area contributed by atoms with Crippen molar-refractivity contribution < 1.29 is 54.6 Å². The summed E-state index contributed by atoms with van der Waals surface area (Å²) < 4.78 is 102. The second kappa shape index (κ2) is 8.64. The maximum absolute atomic E-state index is 12.8. The quantitative estimate of drug-likeness (QED) is 0.437. The van der Waals surface area contributed by atoms with Crippen molar-refractivity contribution in [3.05, 3.63) is 24.8 Å². The van der Waals surface area contributed by atoms with Gasteiger partial charge in [0.25, 0.3) is 0 Å². The largest absolute Gasteiger partial charge is 0.478 e. The minimum Gasteiger partial charge on any atom is -0.478 e. The zero-order valence-electron chi connectivity index (χ0n) is 12.0. The van der Waals surface area contributed by atoms with Gasteiger partial charge in [-0.05, 0) is 6.92 Å². The second-order valence-electron chi connectivity index (χ2n) is 4.14. The molecule has 1 atom stereocenters. The first-order valence-corrected chi connectivity index (χ1v) is 5.68. The van der Waals surface area contributed by atoms with E-state index in [4.69, 9.17) is 5.11 Å². The first-order valence-electron chi connectivity index (χ1n) is 5.68. The van der Waals surface area contributed by atoms with Gasteiger partial charge in [-0.3, -0.25) is 0 Å². The van der Waals surface area contributed by atoms with Gasteiger partial charge in [0, 0.05) is 11.6 Å². The van der Waals surface area contributed by atoms with Crippen LogP contribution >= 0.6 is 0 Å². The van der Waals surface area contributed by atoms with E-state index in [1.807, 2.05) is 0 Å². The lowest BCUT2D eigenvalue weighted by Crippen LogP contribution is -2.51. The lowest BCUT2D eigenvalue weighted by molar-refractivity contribution is -0.350. The van der Waals surface area contributed by atoms with E-state index in [2.05, 4.69) is 17.9 Å². The SMILES string of the molecule is C=C(C)C(=O)OC(F)(F)C(F)(F)C(F)CC(F)(F)F.C=CC(=O)O. The van der Waals surface area contributed by atoms with Gasteiger partial charge in [0.15, 0.2) is 6.17 Å². The van der Waals surface area contributed by atoms with Gasteiger partial charge in [-0.2, -0.15) is 30.7 Å². The number of carboxylic acids is 1. The van der Waals surface area contributed by atoms with E-state index >= 15 is 0 Å². The van der Waals surface area contributed by atoms with Crippen molar-refractivity contribution in [3.63, 3.8) is 0 Å². The molecule has 0 aromatic carbocycles. The van der Waals surface area contributed by atoms with E-state index < -0.39 is 48.3 Å². The molecule has 0 heterocycles. The molecular formula is C12H12F8O4. The predicted molar refractivity (Wildman–Crippen MR) is 64.2 cm³/mol. The van der Waals surface area contributed by atoms with Crippen molar-refractivity contribution in [1.82, 2.24) is 0 Å². The third-order valence-electron chi connectivity index (χ3n) is 1.94. The number of carboxylic acid groups (broad SMARTS) is 1. The molecule has 0 saturated heterocycles. The number of aliphatic carboxylic acids is 1. The molecule has 4 nitrogen and oxygen atoms in total. The maximum Gasteiger partial charge on any atom is 0.469 e. The van der Waals surface area contributed by atoms with Gasteiger partial charge >= 0.3 is 30.1 Å². The number of hydrogen-bond donors (Lipinski definition) is 1. The summed E-state index contributed by atoms with van der Waals surface area (Å²) >= 11 is 0. The molecule has 12 heteroatoms. The van der Waals surface area contributed by atoms with Crippen molar-refractivity contribution in [3.8, 4) is 0 Å². The number of hydrogen-bond acceptors (Lipinski definition) is 3. The third kappa shape index (κ3) is 8.48. The van der Waals surface area contributed by atoms with Crippen LogP contribution < -0.4 is 0 Å². The standard InChI is InChI=1S/C9H8F8O2.C3H4O2/c1-4(2)6(18)19-9(16,17)8(14,15)5(10)3-7(11,12)13;1-2-3(4)5/h5H,1,3H2,2H3;2H,1H2,(H,4,5). The third-order valence-corrected chi connectivity index (χ3v) is 1.94. The fourth-order valence-corrected chi connectivity index (χ4v) is 0.785. The van der Waals surface area contributed by atoms with Crippen molar-refractivity contribution in [2.45, 2.75) is 37.7 Å². The van der Waals surface area contributed by atoms with E-state index in [0.717, 1.165) is 13.0 Å². The topological polar surface area (TPSA) is 63.6 Å². The minimum absolute atomic E-state index is 0.707. The average Bonchev–Trinajstić information content (AvgIpc) is 2.36. The van der Waals surface area contributed by atoms with Gasteiger partial charge in [0.2, 0.25) is 0 Å². The van der Waals surface area contributed by atoms with Crippen LogP contribution in [0, 0.1) is 0 Å². The van der Waals surface area contributed by atoms with E-state index in [9.17, 15) is 44.7 Å². The molecule has 0 aliphatic carbocycles. The van der Waals surface area contributed by atoms with E-state index in [0.29, 0.717) is 0 Å². The number of carbonyl (C=O) groups is 2. The van der Waals surface area contributed by atoms with Crippen LogP contribution in [0.5, 0.6) is 0 Å². The van der Waals surface area contributed by atoms with Crippen LogP contribution in [0.2, 0.25) is 0 Å². The molecule has 24 heavy (non-hydrogen) atoms. The van der Waals surface area contributed by atoms with Crippen LogP contribution in [0.15, 0.2) is 24.8 Å². The highest BCUT2D eigenvalue weighted by Gasteiger charge is 2.67. The highest BCUT2D eigenvalue weighted by atomic mass is 19.4. The second-order valence-corrected chi connectivity index (χ2v) is 4.14. The monoisotopic (exact) mass is 372 g/mol. The zero-order valence-corrected chi connectivity index (χ0v) is 12.0. The van der Waals surface area contributed by atoms with Crippen molar-refractivity contribution in [2.24, 2.45) is 0 Å². The van der Waals surface area contributed by atoms with Crippen molar-refractivity contribution in [2.75, 3.05) is 0 Å². The van der Waals surface area contributed by atoms with Gasteiger partial charge in [-0.15, -0.1) is 0 Å². The Morgan fingerprint density at radius 1 is 1.17 bits per heavy atom. The van der Waals surface area contributed by atoms with Crippen molar-refractivity contribution in [1.29, 1.82) is 0 Å². The number of alkyl halides is 8. The van der Waals surface area contributed by atoms with Crippen LogP contribution in [0.4, 0.5) is 35.1 Å². The number of esters is 1. The normalized spacial score (nSPS) is 13.2. The maximum atomic E-state index is 12.8. The number of rotatable bonds is 6. The van der Waals surface area contributed by atoms with Crippen LogP contribution in [0.3, 0.4) is 0 Å². The van der Waals surface area contributed by atoms with Crippen LogP contribution in [0.25, 0.3) is 0 Å². The molecule has 0 fully saturated rings. The number of carbonyl (C=O) groups excluding carboxylic acids is 1. The molecule has 0 aliphatic heterocycles. The molecule has 0 aromatic heterocycles. The summed E-state index contributed by atoms with van der Waals surface area (Å²) in [4.78, 5) is 19.9. The molecule has 0 bridgehead atoms. The summed E-state index contributed by atoms with van der Waals surface area (Å²) in [6, 6.07) is 0. The van der Waals surface area contributed by atoms with E-state index in [1.54, 1.807) is 0 Å². The predicted octanol–water partition coefficient (Wildman–Crippen LogP) is 3.88. The smallest absolute Gasteiger partial charge is 0.469 e.